The van der Waals surface area contributed by atoms with Crippen molar-refractivity contribution < 1.29 is 4.39 Å². The fourth-order valence-electron chi connectivity index (χ4n) is 1.97. The summed E-state index contributed by atoms with van der Waals surface area (Å²) in [5, 5.41) is 13.7. The van der Waals surface area contributed by atoms with E-state index in [9.17, 15) is 4.39 Å². The van der Waals surface area contributed by atoms with Crippen LogP contribution in [0.3, 0.4) is 0 Å². The van der Waals surface area contributed by atoms with Crippen LogP contribution in [0.25, 0.3) is 15.5 Å². The number of benzene rings is 1. The van der Waals surface area contributed by atoms with Crippen molar-refractivity contribution in [3.63, 3.8) is 0 Å². The van der Waals surface area contributed by atoms with Gasteiger partial charge in [0.25, 0.3) is 0 Å². The molecule has 0 amide bonds. The lowest BCUT2D eigenvalue weighted by molar-refractivity contribution is 0.621. The summed E-state index contributed by atoms with van der Waals surface area (Å²) in [7, 11) is 0. The third kappa shape index (κ3) is 1.88. The molecule has 1 aliphatic rings. The molecule has 0 saturated heterocycles. The number of aromatic nitrogens is 4. The van der Waals surface area contributed by atoms with Gasteiger partial charge in [-0.3, -0.25) is 0 Å². The van der Waals surface area contributed by atoms with Crippen LogP contribution in [0.2, 0.25) is 0 Å². The van der Waals surface area contributed by atoms with Crippen LogP contribution in [0.15, 0.2) is 22.7 Å². The van der Waals surface area contributed by atoms with E-state index in [4.69, 9.17) is 0 Å². The van der Waals surface area contributed by atoms with Gasteiger partial charge in [0.05, 0.1) is 4.47 Å². The molecule has 4 rings (SSSR count). The van der Waals surface area contributed by atoms with Gasteiger partial charge in [-0.1, -0.05) is 11.3 Å². The molecule has 0 aliphatic heterocycles. The summed E-state index contributed by atoms with van der Waals surface area (Å²) in [6.45, 7) is 0. The predicted octanol–water partition coefficient (Wildman–Crippen LogP) is 3.63. The van der Waals surface area contributed by atoms with Gasteiger partial charge in [-0.2, -0.15) is 9.61 Å². The minimum atomic E-state index is -0.273. The highest BCUT2D eigenvalue weighted by atomic mass is 79.9. The molecule has 96 valence electrons. The van der Waals surface area contributed by atoms with Gasteiger partial charge in [0.1, 0.15) is 10.8 Å². The lowest BCUT2D eigenvalue weighted by Gasteiger charge is -1.98. The van der Waals surface area contributed by atoms with Gasteiger partial charge in [0.2, 0.25) is 4.96 Å². The molecule has 7 heteroatoms. The molecule has 4 nitrogen and oxygen atoms in total. The summed E-state index contributed by atoms with van der Waals surface area (Å²) in [4.78, 5) is 0.789. The van der Waals surface area contributed by atoms with Gasteiger partial charge < -0.3 is 0 Å². The van der Waals surface area contributed by atoms with Crippen LogP contribution in [-0.4, -0.2) is 19.8 Å². The first-order valence-corrected chi connectivity index (χ1v) is 7.51. The molecule has 1 aliphatic carbocycles. The van der Waals surface area contributed by atoms with E-state index in [0.29, 0.717) is 10.4 Å². The molecule has 0 unspecified atom stereocenters. The summed E-state index contributed by atoms with van der Waals surface area (Å²) >= 11 is 4.66. The molecular formula is C12H8BrFN4S. The van der Waals surface area contributed by atoms with E-state index in [-0.39, 0.29) is 5.82 Å². The Kier molecular flexibility index (Phi) is 2.46. The van der Waals surface area contributed by atoms with Crippen LogP contribution in [0, 0.1) is 5.82 Å². The minimum Gasteiger partial charge on any atom is -0.206 e. The molecule has 2 aromatic heterocycles. The number of hydrogen-bond donors (Lipinski definition) is 0. The number of halogens is 2. The highest BCUT2D eigenvalue weighted by Crippen LogP contribution is 2.40. The molecule has 0 radical (unpaired) electrons. The van der Waals surface area contributed by atoms with Crippen molar-refractivity contribution >= 4 is 32.2 Å². The van der Waals surface area contributed by atoms with Gasteiger partial charge in [0.15, 0.2) is 5.82 Å². The molecule has 1 aromatic carbocycles. The quantitative estimate of drug-likeness (QED) is 0.716. The fourth-order valence-corrected chi connectivity index (χ4v) is 3.20. The first-order chi connectivity index (χ1) is 9.22. The first kappa shape index (κ1) is 11.5. The Bertz CT molecular complexity index is 777. The molecule has 0 bridgehead atoms. The second-order valence-corrected chi connectivity index (χ2v) is 6.37. The third-order valence-electron chi connectivity index (χ3n) is 3.12. The van der Waals surface area contributed by atoms with Crippen LogP contribution >= 0.6 is 27.3 Å². The molecule has 1 fully saturated rings. The summed E-state index contributed by atoms with van der Waals surface area (Å²) < 4.78 is 15.5. The van der Waals surface area contributed by atoms with Crippen LogP contribution in [0.5, 0.6) is 0 Å². The largest absolute Gasteiger partial charge is 0.234 e. The highest BCUT2D eigenvalue weighted by molar-refractivity contribution is 9.10. The van der Waals surface area contributed by atoms with Crippen molar-refractivity contribution in [3.05, 3.63) is 34.3 Å². The molecular weight excluding hydrogens is 331 g/mol. The first-order valence-electron chi connectivity index (χ1n) is 5.90. The normalized spacial score (nSPS) is 15.3. The van der Waals surface area contributed by atoms with Gasteiger partial charge in [0, 0.05) is 11.5 Å². The van der Waals surface area contributed by atoms with Crippen LogP contribution < -0.4 is 0 Å². The molecule has 3 aromatic rings. The van der Waals surface area contributed by atoms with Gasteiger partial charge >= 0.3 is 0 Å². The van der Waals surface area contributed by atoms with Crippen molar-refractivity contribution in [1.82, 2.24) is 19.8 Å². The van der Waals surface area contributed by atoms with E-state index in [2.05, 4.69) is 31.2 Å². The van der Waals surface area contributed by atoms with Crippen LogP contribution in [0.4, 0.5) is 4.39 Å². The standard InChI is InChI=1S/C12H8BrFN4S/c13-8-5-7(3-4-9(8)14)11-17-18-10(6-1-2-6)15-16-12(18)19-11/h3-6H,1-2H2. The smallest absolute Gasteiger partial charge is 0.206 e. The maximum Gasteiger partial charge on any atom is 0.234 e. The lowest BCUT2D eigenvalue weighted by atomic mass is 10.2. The SMILES string of the molecule is Fc1ccc(-c2nn3c(C4CC4)nnc3s2)cc1Br. The maximum atomic E-state index is 13.2. The van der Waals surface area contributed by atoms with E-state index in [1.54, 1.807) is 12.1 Å². The van der Waals surface area contributed by atoms with Gasteiger partial charge in [-0.15, -0.1) is 10.2 Å². The molecule has 0 N–H and O–H groups in total. The van der Waals surface area contributed by atoms with Crippen molar-refractivity contribution in [3.8, 4) is 10.6 Å². The predicted molar refractivity (Wildman–Crippen MR) is 73.7 cm³/mol. The minimum absolute atomic E-state index is 0.273. The van der Waals surface area contributed by atoms with E-state index in [0.717, 1.165) is 34.2 Å². The highest BCUT2D eigenvalue weighted by Gasteiger charge is 2.30. The summed E-state index contributed by atoms with van der Waals surface area (Å²) in [5.74, 6) is 1.18. The van der Waals surface area contributed by atoms with Crippen molar-refractivity contribution in [2.75, 3.05) is 0 Å². The Morgan fingerprint density at radius 2 is 2.16 bits per heavy atom. The zero-order valence-corrected chi connectivity index (χ0v) is 12.1. The monoisotopic (exact) mass is 338 g/mol. The van der Waals surface area contributed by atoms with E-state index < -0.39 is 0 Å². The van der Waals surface area contributed by atoms with Crippen LogP contribution in [-0.2, 0) is 0 Å². The average Bonchev–Trinajstić information content (AvgIpc) is 3.01. The van der Waals surface area contributed by atoms with Crippen molar-refractivity contribution in [2.24, 2.45) is 0 Å². The second kappa shape index (κ2) is 4.08. The number of hydrogen-bond acceptors (Lipinski definition) is 4. The zero-order chi connectivity index (χ0) is 13.0. The van der Waals surface area contributed by atoms with Gasteiger partial charge in [-0.25, -0.2) is 4.39 Å². The Labute approximate surface area is 120 Å². The molecule has 0 spiro atoms. The molecule has 2 heterocycles. The van der Waals surface area contributed by atoms with Crippen LogP contribution in [0.1, 0.15) is 24.6 Å². The summed E-state index contributed by atoms with van der Waals surface area (Å²) in [6, 6.07) is 4.89. The Morgan fingerprint density at radius 3 is 2.89 bits per heavy atom. The molecule has 19 heavy (non-hydrogen) atoms. The Balaban J connectivity index is 1.84. The number of fused-ring (bicyclic) bond motifs is 1. The Hall–Kier alpha value is -1.34. The zero-order valence-electron chi connectivity index (χ0n) is 9.68. The number of nitrogens with zero attached hydrogens (tertiary/aromatic N) is 4. The number of rotatable bonds is 2. The topological polar surface area (TPSA) is 43.1 Å². The third-order valence-corrected chi connectivity index (χ3v) is 4.68. The maximum absolute atomic E-state index is 13.2. The van der Waals surface area contributed by atoms with E-state index in [1.165, 1.54) is 17.4 Å². The van der Waals surface area contributed by atoms with E-state index >= 15 is 0 Å². The molecule has 1 saturated carbocycles. The van der Waals surface area contributed by atoms with Gasteiger partial charge in [-0.05, 0) is 47.0 Å². The van der Waals surface area contributed by atoms with E-state index in [1.807, 2.05) is 4.52 Å². The summed E-state index contributed by atoms with van der Waals surface area (Å²) in [5.41, 5.74) is 0.880. The second-order valence-electron chi connectivity index (χ2n) is 4.56. The average molecular weight is 339 g/mol. The van der Waals surface area contributed by atoms with Crippen molar-refractivity contribution in [1.29, 1.82) is 0 Å². The van der Waals surface area contributed by atoms with Crippen molar-refractivity contribution in [2.45, 2.75) is 18.8 Å². The summed E-state index contributed by atoms with van der Waals surface area (Å²) in [6.07, 6.45) is 2.32. The Morgan fingerprint density at radius 1 is 1.32 bits per heavy atom. The molecule has 0 atom stereocenters. The fraction of sp³-hybridized carbons (Fsp3) is 0.250. The lowest BCUT2D eigenvalue weighted by Crippen LogP contribution is -1.93.